The van der Waals surface area contributed by atoms with Crippen molar-refractivity contribution in [2.45, 2.75) is 41.9 Å². The van der Waals surface area contributed by atoms with Crippen molar-refractivity contribution >= 4 is 40.3 Å². The lowest BCUT2D eigenvalue weighted by Crippen LogP contribution is -2.32. The molecule has 5 atom stereocenters. The zero-order valence-corrected chi connectivity index (χ0v) is 18.0. The number of aromatic nitrogens is 4. The lowest BCUT2D eigenvalue weighted by atomic mass is 10.1. The third-order valence-electron chi connectivity index (χ3n) is 5.47. The first-order valence-electron chi connectivity index (χ1n) is 10.0. The van der Waals surface area contributed by atoms with Crippen molar-refractivity contribution in [2.24, 2.45) is 0 Å². The van der Waals surface area contributed by atoms with E-state index in [2.05, 4.69) is 20.3 Å². The van der Waals surface area contributed by atoms with Gasteiger partial charge in [-0.2, -0.15) is 0 Å². The maximum absolute atomic E-state index is 10.7. The Labute approximate surface area is 187 Å². The highest BCUT2D eigenvalue weighted by atomic mass is 35.5. The van der Waals surface area contributed by atoms with E-state index in [4.69, 9.17) is 21.1 Å². The smallest absolute Gasteiger partial charge is 0.167 e. The molecule has 31 heavy (non-hydrogen) atoms. The number of nitrogens with one attached hydrogen (secondary N) is 1. The van der Waals surface area contributed by atoms with Crippen molar-refractivity contribution in [2.75, 3.05) is 24.3 Å². The fraction of sp³-hybridized carbons (Fsp3) is 0.450. The van der Waals surface area contributed by atoms with Gasteiger partial charge in [-0.15, -0.1) is 11.8 Å². The molecule has 11 heteroatoms. The Morgan fingerprint density at radius 3 is 2.77 bits per heavy atom. The van der Waals surface area contributed by atoms with E-state index >= 15 is 0 Å². The normalized spacial score (nSPS) is 28.4. The molecule has 5 rings (SSSR count). The number of hydrogen-bond acceptors (Lipinski definition) is 9. The van der Waals surface area contributed by atoms with E-state index in [1.165, 1.54) is 18.1 Å². The second kappa shape index (κ2) is 8.89. The molecule has 1 aromatic carbocycles. The molecule has 0 amide bonds. The van der Waals surface area contributed by atoms with Crippen molar-refractivity contribution in [3.05, 3.63) is 41.9 Å². The van der Waals surface area contributed by atoms with Gasteiger partial charge in [0, 0.05) is 22.3 Å². The molecule has 164 valence electrons. The number of hydrogen-bond donors (Lipinski definition) is 3. The highest BCUT2D eigenvalue weighted by Gasteiger charge is 2.44. The zero-order valence-electron chi connectivity index (χ0n) is 16.5. The molecule has 3 aromatic rings. The minimum Gasteiger partial charge on any atom is -0.387 e. The van der Waals surface area contributed by atoms with E-state index in [1.807, 2.05) is 24.3 Å². The van der Waals surface area contributed by atoms with Gasteiger partial charge in [-0.05, 0) is 30.7 Å². The molecule has 9 nitrogen and oxygen atoms in total. The second-order valence-corrected chi connectivity index (χ2v) is 9.09. The largest absolute Gasteiger partial charge is 0.387 e. The number of anilines is 1. The molecule has 2 saturated heterocycles. The average molecular weight is 464 g/mol. The summed E-state index contributed by atoms with van der Waals surface area (Å²) in [4.78, 5) is 14.1. The Kier molecular flexibility index (Phi) is 6.00. The average Bonchev–Trinajstić information content (AvgIpc) is 3.50. The zero-order chi connectivity index (χ0) is 21.4. The summed E-state index contributed by atoms with van der Waals surface area (Å²) in [6.45, 7) is 1.34. The van der Waals surface area contributed by atoms with Crippen LogP contribution in [-0.2, 0) is 9.47 Å². The van der Waals surface area contributed by atoms with Gasteiger partial charge in [0.2, 0.25) is 0 Å². The summed E-state index contributed by atoms with van der Waals surface area (Å²) in [6.07, 6.45) is 0.423. The van der Waals surface area contributed by atoms with Crippen LogP contribution in [0.3, 0.4) is 0 Å². The fourth-order valence-corrected chi connectivity index (χ4v) is 4.88. The molecule has 2 aliphatic heterocycles. The molecule has 2 aliphatic rings. The minimum absolute atomic E-state index is 0.174. The van der Waals surface area contributed by atoms with Crippen LogP contribution in [0.15, 0.2) is 41.8 Å². The van der Waals surface area contributed by atoms with Gasteiger partial charge in [-0.25, -0.2) is 15.0 Å². The Morgan fingerprint density at radius 1 is 1.16 bits per heavy atom. The van der Waals surface area contributed by atoms with Gasteiger partial charge in [0.05, 0.1) is 25.1 Å². The molecule has 0 aliphatic carbocycles. The van der Waals surface area contributed by atoms with E-state index < -0.39 is 24.5 Å². The van der Waals surface area contributed by atoms with Crippen LogP contribution in [0.1, 0.15) is 12.6 Å². The van der Waals surface area contributed by atoms with E-state index in [9.17, 15) is 10.2 Å². The van der Waals surface area contributed by atoms with E-state index in [-0.39, 0.29) is 6.04 Å². The van der Waals surface area contributed by atoms with E-state index in [1.54, 1.807) is 10.9 Å². The number of nitrogens with zero attached hydrogens (tertiary/aromatic N) is 4. The summed E-state index contributed by atoms with van der Waals surface area (Å²) >= 11 is 7.45. The van der Waals surface area contributed by atoms with Crippen LogP contribution in [0.5, 0.6) is 0 Å². The molecule has 2 aromatic heterocycles. The van der Waals surface area contributed by atoms with Gasteiger partial charge < -0.3 is 25.0 Å². The number of rotatable bonds is 6. The molecule has 0 bridgehead atoms. The number of aliphatic hydroxyl groups is 2. The first kappa shape index (κ1) is 20.9. The van der Waals surface area contributed by atoms with Crippen LogP contribution < -0.4 is 5.32 Å². The monoisotopic (exact) mass is 463 g/mol. The minimum atomic E-state index is -1.11. The number of aliphatic hydroxyl groups excluding tert-OH is 2. The highest BCUT2D eigenvalue weighted by Crippen LogP contribution is 2.35. The van der Waals surface area contributed by atoms with Crippen LogP contribution in [0.2, 0.25) is 5.02 Å². The fourth-order valence-electron chi connectivity index (χ4n) is 3.79. The molecular formula is C20H22ClN5O4S. The summed E-state index contributed by atoms with van der Waals surface area (Å²) in [5.41, 5.74) is 1.11. The molecule has 0 saturated carbocycles. The summed E-state index contributed by atoms with van der Waals surface area (Å²) < 4.78 is 13.1. The molecule has 0 radical (unpaired) electrons. The highest BCUT2D eigenvalue weighted by molar-refractivity contribution is 7.99. The van der Waals surface area contributed by atoms with Crippen molar-refractivity contribution in [3.63, 3.8) is 0 Å². The first-order valence-corrected chi connectivity index (χ1v) is 11.4. The summed E-state index contributed by atoms with van der Waals surface area (Å²) in [6, 6.07) is 7.62. The van der Waals surface area contributed by atoms with E-state index in [0.29, 0.717) is 34.4 Å². The third kappa shape index (κ3) is 4.23. The standard InChI is InChI=1S/C20H22ClN5O4S/c21-11-1-3-13(4-2-11)31-8-14-16(27)17(28)20(30-14)26-10-24-15-18(22-9-23-19(15)26)25-12-5-6-29-7-12/h1-4,9-10,12,14,16-17,20,27-28H,5-8H2,(H,22,23,25)/t12-,14-,16-,17-,20-/m1/s1. The third-order valence-corrected chi connectivity index (χ3v) is 6.82. The Morgan fingerprint density at radius 2 is 2.00 bits per heavy atom. The SMILES string of the molecule is O[C@@H]1[C@H](O)[C@@H](CSc2ccc(Cl)cc2)O[C@H]1n1cnc2c(N[C@@H]3CCOC3)ncnc21. The summed E-state index contributed by atoms with van der Waals surface area (Å²) in [7, 11) is 0. The topological polar surface area (TPSA) is 115 Å². The number of ether oxygens (including phenoxy) is 2. The van der Waals surface area contributed by atoms with Crippen molar-refractivity contribution < 1.29 is 19.7 Å². The van der Waals surface area contributed by atoms with Crippen LogP contribution in [0, 0.1) is 0 Å². The predicted molar refractivity (Wildman–Crippen MR) is 116 cm³/mol. The van der Waals surface area contributed by atoms with Crippen LogP contribution in [0.4, 0.5) is 5.82 Å². The first-order chi connectivity index (χ1) is 15.1. The molecule has 0 spiro atoms. The lowest BCUT2D eigenvalue weighted by Gasteiger charge is -2.17. The van der Waals surface area contributed by atoms with Gasteiger partial charge in [-0.3, -0.25) is 4.57 Å². The Balaban J connectivity index is 1.33. The van der Waals surface area contributed by atoms with Crippen LogP contribution in [-0.4, -0.2) is 73.1 Å². The van der Waals surface area contributed by atoms with Gasteiger partial charge in [-0.1, -0.05) is 11.6 Å². The van der Waals surface area contributed by atoms with Crippen molar-refractivity contribution in [1.82, 2.24) is 19.5 Å². The second-order valence-electron chi connectivity index (χ2n) is 7.56. The molecular weight excluding hydrogens is 442 g/mol. The number of imidazole rings is 1. The number of halogens is 1. The Hall–Kier alpha value is -1.95. The lowest BCUT2D eigenvalue weighted by molar-refractivity contribution is -0.0289. The molecule has 4 heterocycles. The molecule has 3 N–H and O–H groups in total. The van der Waals surface area contributed by atoms with E-state index in [0.717, 1.165) is 17.9 Å². The summed E-state index contributed by atoms with van der Waals surface area (Å²) in [5.74, 6) is 1.09. The van der Waals surface area contributed by atoms with Gasteiger partial charge in [0.15, 0.2) is 23.2 Å². The maximum atomic E-state index is 10.7. The predicted octanol–water partition coefficient (Wildman–Crippen LogP) is 2.09. The number of thioether (sulfide) groups is 1. The molecule has 2 fully saturated rings. The van der Waals surface area contributed by atoms with Gasteiger partial charge >= 0.3 is 0 Å². The molecule has 0 unspecified atom stereocenters. The van der Waals surface area contributed by atoms with Crippen molar-refractivity contribution in [3.8, 4) is 0 Å². The maximum Gasteiger partial charge on any atom is 0.167 e. The van der Waals surface area contributed by atoms with Crippen LogP contribution >= 0.6 is 23.4 Å². The summed E-state index contributed by atoms with van der Waals surface area (Å²) in [5, 5.41) is 25.2. The van der Waals surface area contributed by atoms with Crippen LogP contribution in [0.25, 0.3) is 11.2 Å². The van der Waals surface area contributed by atoms with Crippen molar-refractivity contribution in [1.29, 1.82) is 0 Å². The number of benzene rings is 1. The van der Waals surface area contributed by atoms with Gasteiger partial charge in [0.25, 0.3) is 0 Å². The van der Waals surface area contributed by atoms with Gasteiger partial charge in [0.1, 0.15) is 18.5 Å². The Bertz CT molecular complexity index is 1050. The number of fused-ring (bicyclic) bond motifs is 1. The quantitative estimate of drug-likeness (QED) is 0.472.